The van der Waals surface area contributed by atoms with Crippen LogP contribution in [-0.4, -0.2) is 71.1 Å². The summed E-state index contributed by atoms with van der Waals surface area (Å²) in [6, 6.07) is 0. The highest BCUT2D eigenvalue weighted by atomic mass is 16.6. The summed E-state index contributed by atoms with van der Waals surface area (Å²) in [5.41, 5.74) is 0. The number of amides is 1. The van der Waals surface area contributed by atoms with Crippen molar-refractivity contribution >= 4 is 11.7 Å². The van der Waals surface area contributed by atoms with Gasteiger partial charge in [0.05, 0.1) is 46.2 Å². The SMILES string of the molecule is CC(C)COCCOCCOCCOCCNC(=O)CCC(=O)C(C)C. The first-order chi connectivity index (χ1) is 12.4. The lowest BCUT2D eigenvalue weighted by atomic mass is 10.0. The van der Waals surface area contributed by atoms with Crippen LogP contribution in [0.1, 0.15) is 40.5 Å². The molecule has 0 aromatic rings. The fourth-order valence-corrected chi connectivity index (χ4v) is 1.86. The number of carbonyl (C=O) groups is 2. The summed E-state index contributed by atoms with van der Waals surface area (Å²) >= 11 is 0. The third-order valence-corrected chi connectivity index (χ3v) is 3.38. The predicted molar refractivity (Wildman–Crippen MR) is 100 cm³/mol. The third-order valence-electron chi connectivity index (χ3n) is 3.38. The van der Waals surface area contributed by atoms with E-state index in [-0.39, 0.29) is 24.0 Å². The Morgan fingerprint density at radius 3 is 1.73 bits per heavy atom. The second kappa shape index (κ2) is 17.4. The highest BCUT2D eigenvalue weighted by Crippen LogP contribution is 2.01. The molecule has 7 nitrogen and oxygen atoms in total. The molecule has 1 N–H and O–H groups in total. The van der Waals surface area contributed by atoms with Crippen LogP contribution >= 0.6 is 0 Å². The van der Waals surface area contributed by atoms with Gasteiger partial charge in [-0.1, -0.05) is 27.7 Å². The van der Waals surface area contributed by atoms with Gasteiger partial charge in [-0.15, -0.1) is 0 Å². The van der Waals surface area contributed by atoms with Crippen LogP contribution in [0.3, 0.4) is 0 Å². The van der Waals surface area contributed by atoms with Crippen LogP contribution < -0.4 is 5.32 Å². The van der Waals surface area contributed by atoms with E-state index in [1.165, 1.54) is 0 Å². The highest BCUT2D eigenvalue weighted by Gasteiger charge is 2.09. The summed E-state index contributed by atoms with van der Waals surface area (Å²) in [6.07, 6.45) is 0.534. The van der Waals surface area contributed by atoms with Crippen molar-refractivity contribution in [2.45, 2.75) is 40.5 Å². The van der Waals surface area contributed by atoms with E-state index in [1.807, 2.05) is 13.8 Å². The van der Waals surface area contributed by atoms with E-state index >= 15 is 0 Å². The van der Waals surface area contributed by atoms with Gasteiger partial charge in [0.15, 0.2) is 0 Å². The summed E-state index contributed by atoms with van der Waals surface area (Å²) in [5, 5.41) is 2.73. The van der Waals surface area contributed by atoms with E-state index < -0.39 is 0 Å². The molecule has 0 radical (unpaired) electrons. The second-order valence-corrected chi connectivity index (χ2v) is 6.78. The van der Waals surface area contributed by atoms with Crippen molar-refractivity contribution < 1.29 is 28.5 Å². The number of ketones is 1. The molecule has 0 aromatic heterocycles. The van der Waals surface area contributed by atoms with Gasteiger partial charge in [-0.05, 0) is 5.92 Å². The molecule has 0 rings (SSSR count). The number of rotatable bonds is 18. The van der Waals surface area contributed by atoms with Gasteiger partial charge in [-0.2, -0.15) is 0 Å². The Balaban J connectivity index is 3.22. The summed E-state index contributed by atoms with van der Waals surface area (Å²) in [7, 11) is 0. The molecule has 0 aliphatic rings. The normalized spacial score (nSPS) is 11.3. The molecule has 0 unspecified atom stereocenters. The average Bonchev–Trinajstić information content (AvgIpc) is 2.59. The lowest BCUT2D eigenvalue weighted by molar-refractivity contribution is -0.126. The van der Waals surface area contributed by atoms with E-state index in [4.69, 9.17) is 18.9 Å². The summed E-state index contributed by atoms with van der Waals surface area (Å²) in [4.78, 5) is 23.0. The van der Waals surface area contributed by atoms with Crippen LogP contribution in [0.4, 0.5) is 0 Å². The highest BCUT2D eigenvalue weighted by molar-refractivity contribution is 5.85. The van der Waals surface area contributed by atoms with Crippen molar-refractivity contribution in [3.8, 4) is 0 Å². The van der Waals surface area contributed by atoms with Crippen molar-refractivity contribution in [2.24, 2.45) is 11.8 Å². The Morgan fingerprint density at radius 1 is 0.731 bits per heavy atom. The Hall–Kier alpha value is -1.02. The largest absolute Gasteiger partial charge is 0.379 e. The standard InChI is InChI=1S/C19H37NO6/c1-16(2)15-26-14-13-25-12-11-24-10-9-23-8-7-20-19(22)6-5-18(21)17(3)4/h16-17H,5-15H2,1-4H3,(H,20,22). The van der Waals surface area contributed by atoms with Crippen molar-refractivity contribution in [3.05, 3.63) is 0 Å². The number of hydrogen-bond acceptors (Lipinski definition) is 6. The first kappa shape index (κ1) is 25.0. The van der Waals surface area contributed by atoms with Gasteiger partial charge in [0.2, 0.25) is 5.91 Å². The first-order valence-electron chi connectivity index (χ1n) is 9.53. The van der Waals surface area contributed by atoms with Crippen LogP contribution in [-0.2, 0) is 28.5 Å². The maximum absolute atomic E-state index is 11.5. The Labute approximate surface area is 158 Å². The lowest BCUT2D eigenvalue weighted by Gasteiger charge is -2.09. The van der Waals surface area contributed by atoms with Crippen LogP contribution in [0, 0.1) is 11.8 Å². The minimum Gasteiger partial charge on any atom is -0.379 e. The quantitative estimate of drug-likeness (QED) is 0.368. The molecule has 0 fully saturated rings. The number of ether oxygens (including phenoxy) is 4. The molecule has 0 aromatic carbocycles. The van der Waals surface area contributed by atoms with Crippen molar-refractivity contribution in [2.75, 3.05) is 59.4 Å². The maximum Gasteiger partial charge on any atom is 0.220 e. The van der Waals surface area contributed by atoms with Crippen LogP contribution in [0.25, 0.3) is 0 Å². The van der Waals surface area contributed by atoms with E-state index in [0.717, 1.165) is 6.61 Å². The van der Waals surface area contributed by atoms with Crippen LogP contribution in [0.15, 0.2) is 0 Å². The van der Waals surface area contributed by atoms with E-state index in [1.54, 1.807) is 0 Å². The summed E-state index contributed by atoms with van der Waals surface area (Å²) in [6.45, 7) is 12.7. The average molecular weight is 376 g/mol. The molecule has 0 saturated heterocycles. The Bertz CT molecular complexity index is 360. The van der Waals surface area contributed by atoms with Gasteiger partial charge in [0.1, 0.15) is 5.78 Å². The molecule has 0 saturated carbocycles. The molecule has 0 atom stereocenters. The van der Waals surface area contributed by atoms with Gasteiger partial charge < -0.3 is 24.3 Å². The predicted octanol–water partition coefficient (Wildman–Crippen LogP) is 1.83. The molecule has 0 aliphatic carbocycles. The molecule has 0 bridgehead atoms. The zero-order valence-electron chi connectivity index (χ0n) is 16.9. The number of Topliss-reactive ketones (excluding diaryl/α,β-unsaturated/α-hetero) is 1. The van der Waals surface area contributed by atoms with Crippen molar-refractivity contribution in [1.29, 1.82) is 0 Å². The van der Waals surface area contributed by atoms with Crippen molar-refractivity contribution in [3.63, 3.8) is 0 Å². The molecular formula is C19H37NO6. The summed E-state index contributed by atoms with van der Waals surface area (Å²) < 4.78 is 21.5. The Kier molecular flexibility index (Phi) is 16.7. The topological polar surface area (TPSA) is 83.1 Å². The van der Waals surface area contributed by atoms with E-state index in [9.17, 15) is 9.59 Å². The van der Waals surface area contributed by atoms with Crippen LogP contribution in [0.2, 0.25) is 0 Å². The minimum atomic E-state index is -0.117. The van der Waals surface area contributed by atoms with Gasteiger partial charge in [-0.3, -0.25) is 9.59 Å². The monoisotopic (exact) mass is 375 g/mol. The smallest absolute Gasteiger partial charge is 0.220 e. The van der Waals surface area contributed by atoms with Gasteiger partial charge in [0.25, 0.3) is 0 Å². The van der Waals surface area contributed by atoms with Gasteiger partial charge in [0, 0.05) is 31.9 Å². The zero-order valence-corrected chi connectivity index (χ0v) is 16.9. The number of carbonyl (C=O) groups excluding carboxylic acids is 2. The third kappa shape index (κ3) is 17.8. The number of hydrogen-bond donors (Lipinski definition) is 1. The lowest BCUT2D eigenvalue weighted by Crippen LogP contribution is -2.28. The number of nitrogens with one attached hydrogen (secondary N) is 1. The molecule has 0 spiro atoms. The summed E-state index contributed by atoms with van der Waals surface area (Å²) in [5.74, 6) is 0.518. The van der Waals surface area contributed by atoms with E-state index in [0.29, 0.717) is 65.1 Å². The first-order valence-corrected chi connectivity index (χ1v) is 9.53. The van der Waals surface area contributed by atoms with E-state index in [2.05, 4.69) is 19.2 Å². The molecule has 0 heterocycles. The minimum absolute atomic E-state index is 0.0188. The molecule has 154 valence electrons. The zero-order chi connectivity index (χ0) is 19.6. The molecule has 7 heteroatoms. The molecule has 1 amide bonds. The molecule has 26 heavy (non-hydrogen) atoms. The molecule has 0 aliphatic heterocycles. The van der Waals surface area contributed by atoms with Crippen LogP contribution in [0.5, 0.6) is 0 Å². The maximum atomic E-state index is 11.5. The fraction of sp³-hybridized carbons (Fsp3) is 0.895. The fourth-order valence-electron chi connectivity index (χ4n) is 1.86. The van der Waals surface area contributed by atoms with Gasteiger partial charge >= 0.3 is 0 Å². The molecular weight excluding hydrogens is 338 g/mol. The Morgan fingerprint density at radius 2 is 1.23 bits per heavy atom. The second-order valence-electron chi connectivity index (χ2n) is 6.78. The van der Waals surface area contributed by atoms with Gasteiger partial charge in [-0.25, -0.2) is 0 Å². The van der Waals surface area contributed by atoms with Crippen molar-refractivity contribution in [1.82, 2.24) is 5.32 Å².